The van der Waals surface area contributed by atoms with E-state index in [0.29, 0.717) is 37.0 Å². The molecule has 0 saturated carbocycles. The van der Waals surface area contributed by atoms with E-state index in [2.05, 4.69) is 29.7 Å². The molecule has 2 rings (SSSR count). The maximum atomic E-state index is 11.9. The number of ether oxygens (including phenoxy) is 1. The zero-order valence-corrected chi connectivity index (χ0v) is 19.4. The molecule has 2 saturated heterocycles. The van der Waals surface area contributed by atoms with Crippen molar-refractivity contribution in [3.8, 4) is 0 Å². The molecule has 2 aliphatic heterocycles. The molecule has 31 heavy (non-hydrogen) atoms. The summed E-state index contributed by atoms with van der Waals surface area (Å²) in [4.78, 5) is 22.5. The van der Waals surface area contributed by atoms with Gasteiger partial charge in [0, 0.05) is 13.0 Å². The van der Waals surface area contributed by atoms with Crippen LogP contribution in [0.25, 0.3) is 0 Å². The van der Waals surface area contributed by atoms with Crippen LogP contribution in [0.5, 0.6) is 0 Å². The number of fused-ring (bicyclic) bond motifs is 2. The molecule has 0 aromatic heterocycles. The van der Waals surface area contributed by atoms with Crippen LogP contribution in [0, 0.1) is 11.8 Å². The highest BCUT2D eigenvalue weighted by molar-refractivity contribution is 5.77. The number of carbonyl (C=O) groups excluding carboxylic acids is 1. The third-order valence-corrected chi connectivity index (χ3v) is 6.71. The Kier molecular flexibility index (Phi) is 12.9. The summed E-state index contributed by atoms with van der Waals surface area (Å²) >= 11 is 0. The van der Waals surface area contributed by atoms with Crippen molar-refractivity contribution in [2.24, 2.45) is 11.8 Å². The largest absolute Gasteiger partial charge is 0.481 e. The highest BCUT2D eigenvalue weighted by Gasteiger charge is 2.47. The van der Waals surface area contributed by atoms with Gasteiger partial charge in [-0.1, -0.05) is 44.8 Å². The molecule has 178 valence electrons. The third kappa shape index (κ3) is 10.2. The number of rotatable bonds is 18. The number of nitrogens with one attached hydrogen (secondary N) is 2. The van der Waals surface area contributed by atoms with Gasteiger partial charge in [-0.25, -0.2) is 0 Å². The maximum Gasteiger partial charge on any atom is 0.303 e. The fourth-order valence-electron chi connectivity index (χ4n) is 5.01. The second-order valence-corrected chi connectivity index (χ2v) is 9.19. The number of carbonyl (C=O) groups is 2. The molecule has 0 unspecified atom stereocenters. The van der Waals surface area contributed by atoms with E-state index in [1.54, 1.807) is 0 Å². The predicted octanol–water partition coefficient (Wildman–Crippen LogP) is 4.44. The molecule has 1 amide bonds. The van der Waals surface area contributed by atoms with Crippen LogP contribution in [0.3, 0.4) is 0 Å². The molecule has 2 bridgehead atoms. The normalized spacial score (nSPS) is 24.8. The Balaban J connectivity index is 1.54. The monoisotopic (exact) mass is 436 g/mol. The van der Waals surface area contributed by atoms with Crippen LogP contribution in [0.15, 0.2) is 12.2 Å². The lowest BCUT2D eigenvalue weighted by atomic mass is 9.75. The quantitative estimate of drug-likeness (QED) is 0.218. The SMILES string of the molecule is CCCCCCNCC(=O)NCCCC[C@H]1[C@@H](C/C=C\CCCC(=O)O)[C@H]2CC[C@@H]1O2. The standard InChI is InChI=1S/C25H44N2O4/c1-2-3-4-10-17-26-19-24(28)27-18-11-9-13-21-20(22-15-16-23(21)31-22)12-7-5-6-8-14-25(29)30/h5,7,20-23,26H,2-4,6,8-19H2,1H3,(H,27,28)(H,29,30)/b7-5-/t20-,21+,22-,23+/m1/s1. The molecule has 0 aromatic rings. The van der Waals surface area contributed by atoms with Gasteiger partial charge in [0.1, 0.15) is 0 Å². The van der Waals surface area contributed by atoms with Gasteiger partial charge in [-0.2, -0.15) is 0 Å². The van der Waals surface area contributed by atoms with Crippen LogP contribution >= 0.6 is 0 Å². The first-order chi connectivity index (χ1) is 15.1. The van der Waals surface area contributed by atoms with Crippen molar-refractivity contribution in [2.45, 2.75) is 103 Å². The Bertz CT molecular complexity index is 552. The fraction of sp³-hybridized carbons (Fsp3) is 0.840. The summed E-state index contributed by atoms with van der Waals surface area (Å²) < 4.78 is 6.19. The van der Waals surface area contributed by atoms with Crippen LogP contribution in [-0.4, -0.2) is 48.8 Å². The van der Waals surface area contributed by atoms with Gasteiger partial charge < -0.3 is 20.5 Å². The number of carboxylic acids is 1. The summed E-state index contributed by atoms with van der Waals surface area (Å²) in [5.41, 5.74) is 0. The number of hydrogen-bond donors (Lipinski definition) is 3. The molecule has 0 radical (unpaired) electrons. The average molecular weight is 437 g/mol. The Hall–Kier alpha value is -1.40. The van der Waals surface area contributed by atoms with Crippen molar-refractivity contribution < 1.29 is 19.4 Å². The molecular weight excluding hydrogens is 392 g/mol. The van der Waals surface area contributed by atoms with Crippen molar-refractivity contribution >= 4 is 11.9 Å². The molecule has 0 aromatic carbocycles. The van der Waals surface area contributed by atoms with E-state index in [0.717, 1.165) is 45.2 Å². The van der Waals surface area contributed by atoms with Crippen LogP contribution in [0.4, 0.5) is 0 Å². The fourth-order valence-corrected chi connectivity index (χ4v) is 5.01. The van der Waals surface area contributed by atoms with Crippen LogP contribution in [0.2, 0.25) is 0 Å². The summed E-state index contributed by atoms with van der Waals surface area (Å²) in [6.45, 7) is 4.31. The Morgan fingerprint density at radius 2 is 1.74 bits per heavy atom. The zero-order valence-electron chi connectivity index (χ0n) is 19.4. The first-order valence-corrected chi connectivity index (χ1v) is 12.6. The molecule has 3 N–H and O–H groups in total. The predicted molar refractivity (Wildman–Crippen MR) is 124 cm³/mol. The minimum atomic E-state index is -0.718. The number of unbranched alkanes of at least 4 members (excludes halogenated alkanes) is 5. The number of allylic oxidation sites excluding steroid dienone is 2. The van der Waals surface area contributed by atoms with Crippen molar-refractivity contribution in [1.29, 1.82) is 0 Å². The van der Waals surface area contributed by atoms with E-state index < -0.39 is 5.97 Å². The number of aliphatic carboxylic acids is 1. The van der Waals surface area contributed by atoms with Crippen LogP contribution < -0.4 is 10.6 Å². The van der Waals surface area contributed by atoms with Gasteiger partial charge in [0.15, 0.2) is 0 Å². The van der Waals surface area contributed by atoms with Gasteiger partial charge in [0.2, 0.25) is 5.91 Å². The lowest BCUT2D eigenvalue weighted by Gasteiger charge is -2.27. The summed E-state index contributed by atoms with van der Waals surface area (Å²) in [6.07, 6.45) is 18.6. The number of amides is 1. The van der Waals surface area contributed by atoms with Gasteiger partial charge in [0.05, 0.1) is 18.8 Å². The van der Waals surface area contributed by atoms with Crippen LogP contribution in [-0.2, 0) is 14.3 Å². The molecule has 2 heterocycles. The summed E-state index contributed by atoms with van der Waals surface area (Å²) in [6, 6.07) is 0. The minimum Gasteiger partial charge on any atom is -0.481 e. The summed E-state index contributed by atoms with van der Waals surface area (Å²) in [5, 5.41) is 15.0. The highest BCUT2D eigenvalue weighted by Crippen LogP contribution is 2.47. The van der Waals surface area contributed by atoms with E-state index in [-0.39, 0.29) is 12.3 Å². The van der Waals surface area contributed by atoms with Gasteiger partial charge in [-0.15, -0.1) is 0 Å². The van der Waals surface area contributed by atoms with Crippen LogP contribution in [0.1, 0.15) is 90.4 Å². The molecule has 4 atom stereocenters. The molecule has 6 heteroatoms. The Labute approximate surface area is 188 Å². The van der Waals surface area contributed by atoms with Gasteiger partial charge in [-0.3, -0.25) is 9.59 Å². The smallest absolute Gasteiger partial charge is 0.303 e. The summed E-state index contributed by atoms with van der Waals surface area (Å²) in [7, 11) is 0. The van der Waals surface area contributed by atoms with Gasteiger partial charge in [0.25, 0.3) is 0 Å². The lowest BCUT2D eigenvalue weighted by molar-refractivity contribution is -0.137. The van der Waals surface area contributed by atoms with E-state index in [1.807, 2.05) is 0 Å². The second-order valence-electron chi connectivity index (χ2n) is 9.19. The second kappa shape index (κ2) is 15.4. The van der Waals surface area contributed by atoms with Crippen molar-refractivity contribution in [1.82, 2.24) is 10.6 Å². The Morgan fingerprint density at radius 1 is 0.968 bits per heavy atom. The molecule has 2 fully saturated rings. The van der Waals surface area contributed by atoms with Gasteiger partial charge >= 0.3 is 5.97 Å². The Morgan fingerprint density at radius 3 is 2.52 bits per heavy atom. The first kappa shape index (κ1) is 25.9. The maximum absolute atomic E-state index is 11.9. The van der Waals surface area contributed by atoms with Gasteiger partial charge in [-0.05, 0) is 69.7 Å². The van der Waals surface area contributed by atoms with E-state index in [1.165, 1.54) is 38.5 Å². The molecule has 2 aliphatic rings. The van der Waals surface area contributed by atoms with E-state index >= 15 is 0 Å². The third-order valence-electron chi connectivity index (χ3n) is 6.71. The zero-order chi connectivity index (χ0) is 22.3. The molecular formula is C25H44N2O4. The molecule has 6 nitrogen and oxygen atoms in total. The average Bonchev–Trinajstić information content (AvgIpc) is 3.34. The van der Waals surface area contributed by atoms with Crippen molar-refractivity contribution in [3.63, 3.8) is 0 Å². The molecule has 0 spiro atoms. The lowest BCUT2D eigenvalue weighted by Crippen LogP contribution is -2.34. The first-order valence-electron chi connectivity index (χ1n) is 12.6. The van der Waals surface area contributed by atoms with E-state index in [9.17, 15) is 9.59 Å². The number of carboxylic acid groups (broad SMARTS) is 1. The van der Waals surface area contributed by atoms with E-state index in [4.69, 9.17) is 9.84 Å². The minimum absolute atomic E-state index is 0.102. The van der Waals surface area contributed by atoms with Crippen molar-refractivity contribution in [3.05, 3.63) is 12.2 Å². The van der Waals surface area contributed by atoms with Crippen molar-refractivity contribution in [2.75, 3.05) is 19.6 Å². The molecule has 0 aliphatic carbocycles. The number of hydrogen-bond acceptors (Lipinski definition) is 4. The summed E-state index contributed by atoms with van der Waals surface area (Å²) in [5.74, 6) is 0.610. The highest BCUT2D eigenvalue weighted by atomic mass is 16.5. The topological polar surface area (TPSA) is 87.7 Å².